The zero-order valence-corrected chi connectivity index (χ0v) is 44.3. The van der Waals surface area contributed by atoms with Gasteiger partial charge >= 0.3 is 17.9 Å². The van der Waals surface area contributed by atoms with Gasteiger partial charge in [-0.05, 0) is 96.3 Å². The molecule has 0 aromatic carbocycles. The highest BCUT2D eigenvalue weighted by Gasteiger charge is 2.19. The van der Waals surface area contributed by atoms with Crippen LogP contribution in [0.1, 0.15) is 258 Å². The van der Waals surface area contributed by atoms with E-state index >= 15 is 0 Å². The first kappa shape index (κ1) is 64.3. The summed E-state index contributed by atoms with van der Waals surface area (Å²) in [5.41, 5.74) is 0. The van der Waals surface area contributed by atoms with Crippen LogP contribution in [0.25, 0.3) is 0 Å². The van der Waals surface area contributed by atoms with Crippen molar-refractivity contribution in [2.75, 3.05) is 13.2 Å². The average molecular weight is 946 g/mol. The lowest BCUT2D eigenvalue weighted by Crippen LogP contribution is -2.30. The summed E-state index contributed by atoms with van der Waals surface area (Å²) in [6.45, 7) is 6.32. The van der Waals surface area contributed by atoms with E-state index in [1.165, 1.54) is 109 Å². The minimum atomic E-state index is -0.794. The number of hydrogen-bond acceptors (Lipinski definition) is 6. The van der Waals surface area contributed by atoms with Crippen molar-refractivity contribution in [3.05, 3.63) is 97.2 Å². The molecule has 0 bridgehead atoms. The van der Waals surface area contributed by atoms with E-state index in [2.05, 4.69) is 118 Å². The Labute approximate surface area is 419 Å². The highest BCUT2D eigenvalue weighted by atomic mass is 16.6. The van der Waals surface area contributed by atoms with Crippen molar-refractivity contribution in [1.82, 2.24) is 0 Å². The fraction of sp³-hybridized carbons (Fsp3) is 0.694. The molecule has 0 aliphatic carbocycles. The second-order valence-corrected chi connectivity index (χ2v) is 18.4. The first-order valence-electron chi connectivity index (χ1n) is 28.2. The van der Waals surface area contributed by atoms with Crippen molar-refractivity contribution in [2.24, 2.45) is 0 Å². The predicted molar refractivity (Wildman–Crippen MR) is 293 cm³/mol. The molecule has 0 rings (SSSR count). The summed E-state index contributed by atoms with van der Waals surface area (Å²) in [4.78, 5) is 37.8. The summed E-state index contributed by atoms with van der Waals surface area (Å²) >= 11 is 0. The van der Waals surface area contributed by atoms with Crippen molar-refractivity contribution in [1.29, 1.82) is 0 Å². The fourth-order valence-corrected chi connectivity index (χ4v) is 7.66. The zero-order chi connectivity index (χ0) is 49.3. The van der Waals surface area contributed by atoms with E-state index in [1.54, 1.807) is 0 Å². The van der Waals surface area contributed by atoms with Crippen molar-refractivity contribution >= 4 is 17.9 Å². The van der Waals surface area contributed by atoms with Crippen LogP contribution in [0.4, 0.5) is 0 Å². The molecule has 0 N–H and O–H groups in total. The molecule has 0 radical (unpaired) electrons. The molecule has 0 aliphatic heterocycles. The van der Waals surface area contributed by atoms with Gasteiger partial charge < -0.3 is 14.2 Å². The van der Waals surface area contributed by atoms with Gasteiger partial charge in [-0.15, -0.1) is 0 Å². The lowest BCUT2D eigenvalue weighted by atomic mass is 10.0. The minimum absolute atomic E-state index is 0.0927. The highest BCUT2D eigenvalue weighted by Crippen LogP contribution is 2.16. The first-order chi connectivity index (χ1) is 33.5. The van der Waals surface area contributed by atoms with Crippen LogP contribution in [0.2, 0.25) is 0 Å². The Morgan fingerprint density at radius 2 is 0.574 bits per heavy atom. The number of carbonyl (C=O) groups excluding carboxylic acids is 3. The third-order valence-electron chi connectivity index (χ3n) is 11.8. The molecule has 0 fully saturated rings. The van der Waals surface area contributed by atoms with Crippen LogP contribution < -0.4 is 0 Å². The fourth-order valence-electron chi connectivity index (χ4n) is 7.66. The molecule has 6 nitrogen and oxygen atoms in total. The molecule has 0 saturated carbocycles. The first-order valence-corrected chi connectivity index (χ1v) is 28.2. The van der Waals surface area contributed by atoms with Gasteiger partial charge in [-0.2, -0.15) is 0 Å². The smallest absolute Gasteiger partial charge is 0.306 e. The van der Waals surface area contributed by atoms with Gasteiger partial charge in [0.2, 0.25) is 0 Å². The molecule has 0 spiro atoms. The lowest BCUT2D eigenvalue weighted by molar-refractivity contribution is -0.167. The van der Waals surface area contributed by atoms with Crippen LogP contribution in [-0.4, -0.2) is 37.2 Å². The molecular weight excluding hydrogens is 841 g/mol. The van der Waals surface area contributed by atoms with Gasteiger partial charge in [-0.1, -0.05) is 240 Å². The van der Waals surface area contributed by atoms with E-state index < -0.39 is 6.10 Å². The van der Waals surface area contributed by atoms with E-state index in [9.17, 15) is 14.4 Å². The quantitative estimate of drug-likeness (QED) is 0.0262. The van der Waals surface area contributed by atoms with E-state index in [-0.39, 0.29) is 37.5 Å². The Bertz CT molecular complexity index is 1360. The van der Waals surface area contributed by atoms with Crippen molar-refractivity contribution in [2.45, 2.75) is 264 Å². The molecular formula is C62H104O6. The monoisotopic (exact) mass is 945 g/mol. The molecule has 68 heavy (non-hydrogen) atoms. The molecule has 1 unspecified atom stereocenters. The van der Waals surface area contributed by atoms with Crippen LogP contribution in [0.5, 0.6) is 0 Å². The molecule has 0 saturated heterocycles. The number of unbranched alkanes of at least 4 members (excludes halogenated alkanes) is 23. The third kappa shape index (κ3) is 53.3. The average Bonchev–Trinajstić information content (AvgIpc) is 3.34. The number of ether oxygens (including phenoxy) is 3. The third-order valence-corrected chi connectivity index (χ3v) is 11.8. The number of rotatable bonds is 50. The van der Waals surface area contributed by atoms with E-state index in [0.29, 0.717) is 19.3 Å². The Balaban J connectivity index is 4.08. The lowest BCUT2D eigenvalue weighted by Gasteiger charge is -2.18. The minimum Gasteiger partial charge on any atom is -0.462 e. The summed E-state index contributed by atoms with van der Waals surface area (Å²) in [6, 6.07) is 0. The molecule has 388 valence electrons. The van der Waals surface area contributed by atoms with Crippen LogP contribution in [0, 0.1) is 0 Å². The Hall–Kier alpha value is -3.67. The maximum absolute atomic E-state index is 12.7. The van der Waals surface area contributed by atoms with E-state index in [4.69, 9.17) is 14.2 Å². The van der Waals surface area contributed by atoms with Gasteiger partial charge in [-0.3, -0.25) is 14.4 Å². The molecule has 0 aromatic rings. The standard InChI is InChI=1S/C62H104O6/c1-4-7-10-13-16-18-20-22-24-25-26-27-28-29-30-31-32-33-34-35-36-37-39-40-42-44-46-49-52-55-61(64)67-58-59(57-66-60(63)54-51-48-15-12-9-6-3)68-62(65)56-53-50-47-45-43-41-38-23-21-19-17-14-11-8-5-2/h7-8,10-11,16-19,22-24,26-27,38,43,45,59H,4-6,9,12-15,20-21,25,28-37,39-42,44,46-58H2,1-3H3/b10-7-,11-8-,18-16-,19-17-,24-22-,27-26-,38-23-,45-43-. The van der Waals surface area contributed by atoms with Gasteiger partial charge in [-0.25, -0.2) is 0 Å². The van der Waals surface area contributed by atoms with Gasteiger partial charge in [0.25, 0.3) is 0 Å². The Morgan fingerprint density at radius 1 is 0.309 bits per heavy atom. The topological polar surface area (TPSA) is 78.9 Å². The number of allylic oxidation sites excluding steroid dienone is 16. The summed E-state index contributed by atoms with van der Waals surface area (Å²) in [7, 11) is 0. The molecule has 1 atom stereocenters. The summed E-state index contributed by atoms with van der Waals surface area (Å²) in [6.07, 6.45) is 74.5. The van der Waals surface area contributed by atoms with Gasteiger partial charge in [0.1, 0.15) is 13.2 Å². The van der Waals surface area contributed by atoms with Gasteiger partial charge in [0, 0.05) is 19.3 Å². The van der Waals surface area contributed by atoms with Crippen LogP contribution in [0.3, 0.4) is 0 Å². The number of hydrogen-bond donors (Lipinski definition) is 0. The molecule has 0 amide bonds. The molecule has 0 heterocycles. The summed E-state index contributed by atoms with van der Waals surface area (Å²) in [5.74, 6) is -0.943. The van der Waals surface area contributed by atoms with E-state index in [1.807, 2.05) is 0 Å². The Morgan fingerprint density at radius 3 is 0.926 bits per heavy atom. The van der Waals surface area contributed by atoms with Gasteiger partial charge in [0.05, 0.1) is 0 Å². The van der Waals surface area contributed by atoms with Crippen LogP contribution in [-0.2, 0) is 28.6 Å². The molecule has 0 aromatic heterocycles. The number of esters is 3. The number of carbonyl (C=O) groups is 3. The van der Waals surface area contributed by atoms with Crippen LogP contribution in [0.15, 0.2) is 97.2 Å². The maximum atomic E-state index is 12.7. The highest BCUT2D eigenvalue weighted by molar-refractivity contribution is 5.71. The van der Waals surface area contributed by atoms with Crippen molar-refractivity contribution in [3.63, 3.8) is 0 Å². The van der Waals surface area contributed by atoms with Crippen LogP contribution >= 0.6 is 0 Å². The maximum Gasteiger partial charge on any atom is 0.306 e. The van der Waals surface area contributed by atoms with Gasteiger partial charge in [0.15, 0.2) is 6.10 Å². The molecule has 0 aliphatic rings. The van der Waals surface area contributed by atoms with Crippen molar-refractivity contribution < 1.29 is 28.6 Å². The van der Waals surface area contributed by atoms with Crippen molar-refractivity contribution in [3.8, 4) is 0 Å². The Kier molecular flexibility index (Phi) is 52.9. The summed E-state index contributed by atoms with van der Waals surface area (Å²) in [5, 5.41) is 0. The second-order valence-electron chi connectivity index (χ2n) is 18.4. The second kappa shape index (κ2) is 55.9. The molecule has 6 heteroatoms. The SMILES string of the molecule is CC/C=C\C/C=C\C/C=C\C/C=C\CCCCCCCCCCCCCCCCCCC(=O)OCC(COC(=O)CCCCCCCC)OC(=O)CCCC/C=C\C/C=C\C/C=C\C/C=C\CC. The zero-order valence-electron chi connectivity index (χ0n) is 44.3. The summed E-state index contributed by atoms with van der Waals surface area (Å²) < 4.78 is 16.7. The van der Waals surface area contributed by atoms with E-state index in [0.717, 1.165) is 103 Å². The largest absolute Gasteiger partial charge is 0.462 e. The normalized spacial score (nSPS) is 12.8. The predicted octanol–water partition coefficient (Wildman–Crippen LogP) is 18.9.